The van der Waals surface area contributed by atoms with E-state index in [0.717, 1.165) is 41.1 Å². The molecule has 0 unspecified atom stereocenters. The van der Waals surface area contributed by atoms with Gasteiger partial charge in [0.15, 0.2) is 17.5 Å². The maximum Gasteiger partial charge on any atom is 0.240 e. The van der Waals surface area contributed by atoms with Crippen LogP contribution < -0.4 is 4.72 Å². The van der Waals surface area contributed by atoms with Crippen molar-refractivity contribution in [3.05, 3.63) is 65.7 Å². The molecule has 1 N–H and O–H groups in total. The van der Waals surface area contributed by atoms with Crippen LogP contribution in [0.2, 0.25) is 0 Å². The average Bonchev–Trinajstić information content (AvgIpc) is 3.05. The Bertz CT molecular complexity index is 1010. The first kappa shape index (κ1) is 17.0. The summed E-state index contributed by atoms with van der Waals surface area (Å²) in [6.45, 7) is -0.314. The van der Waals surface area contributed by atoms with Gasteiger partial charge in [0.25, 0.3) is 0 Å². The Balaban J connectivity index is 1.82. The summed E-state index contributed by atoms with van der Waals surface area (Å²) in [5, 5.41) is 10.7. The van der Waals surface area contributed by atoms with Gasteiger partial charge in [0, 0.05) is 6.07 Å². The lowest BCUT2D eigenvalue weighted by Gasteiger charge is -2.08. The minimum Gasteiger partial charge on any atom is -0.207 e. The zero-order chi connectivity index (χ0) is 18.0. The molecule has 0 saturated heterocycles. The third-order valence-electron chi connectivity index (χ3n) is 3.23. The molecular weight excluding hydrogens is 359 g/mol. The number of rotatable bonds is 5. The van der Waals surface area contributed by atoms with E-state index in [1.807, 2.05) is 0 Å². The lowest BCUT2D eigenvalue weighted by Crippen LogP contribution is -2.25. The zero-order valence-corrected chi connectivity index (χ0v) is 13.2. The van der Waals surface area contributed by atoms with Crippen LogP contribution in [0.25, 0.3) is 5.69 Å². The number of tetrazole rings is 1. The Kier molecular flexibility index (Phi) is 4.51. The normalized spacial score (nSPS) is 11.6. The second-order valence-corrected chi connectivity index (χ2v) is 6.65. The minimum absolute atomic E-state index is 0.0525. The van der Waals surface area contributed by atoms with Crippen molar-refractivity contribution in [3.8, 4) is 5.69 Å². The van der Waals surface area contributed by atoms with Gasteiger partial charge in [-0.05, 0) is 46.8 Å². The quantitative estimate of drug-likeness (QED) is 0.737. The minimum atomic E-state index is -3.93. The number of aromatic nitrogens is 4. The van der Waals surface area contributed by atoms with Crippen LogP contribution in [0.3, 0.4) is 0 Å². The highest BCUT2D eigenvalue weighted by Crippen LogP contribution is 2.14. The van der Waals surface area contributed by atoms with Crippen molar-refractivity contribution in [2.24, 2.45) is 0 Å². The predicted octanol–water partition coefficient (Wildman–Crippen LogP) is 1.56. The van der Waals surface area contributed by atoms with E-state index >= 15 is 0 Å². The van der Waals surface area contributed by atoms with Crippen molar-refractivity contribution in [1.82, 2.24) is 24.9 Å². The molecule has 0 bridgehead atoms. The third-order valence-corrected chi connectivity index (χ3v) is 4.64. The molecule has 0 aliphatic carbocycles. The summed E-state index contributed by atoms with van der Waals surface area (Å²) < 4.78 is 66.9. The zero-order valence-electron chi connectivity index (χ0n) is 12.4. The van der Waals surface area contributed by atoms with Gasteiger partial charge in [0.2, 0.25) is 10.0 Å². The summed E-state index contributed by atoms with van der Waals surface area (Å²) in [5.74, 6) is -2.64. The number of halogens is 3. The fourth-order valence-electron chi connectivity index (χ4n) is 1.99. The van der Waals surface area contributed by atoms with Crippen molar-refractivity contribution in [3.63, 3.8) is 0 Å². The molecule has 0 aliphatic heterocycles. The summed E-state index contributed by atoms with van der Waals surface area (Å²) in [4.78, 5) is -0.138. The second-order valence-electron chi connectivity index (χ2n) is 4.88. The highest BCUT2D eigenvalue weighted by atomic mass is 32.2. The van der Waals surface area contributed by atoms with Crippen LogP contribution in [0.1, 0.15) is 5.82 Å². The summed E-state index contributed by atoms with van der Waals surface area (Å²) in [6.07, 6.45) is 0. The Morgan fingerprint density at radius 1 is 1.00 bits per heavy atom. The Labute approximate surface area is 140 Å². The molecule has 25 heavy (non-hydrogen) atoms. The molecule has 0 aliphatic rings. The maximum atomic E-state index is 13.3. The van der Waals surface area contributed by atoms with Gasteiger partial charge >= 0.3 is 0 Å². The lowest BCUT2D eigenvalue weighted by atomic mass is 10.3. The van der Waals surface area contributed by atoms with E-state index in [0.29, 0.717) is 0 Å². The van der Waals surface area contributed by atoms with Crippen LogP contribution in [0.15, 0.2) is 47.4 Å². The number of nitrogens with one attached hydrogen (secondary N) is 1. The number of benzene rings is 2. The summed E-state index contributed by atoms with van der Waals surface area (Å²) in [6, 6.07) is 7.26. The molecule has 0 amide bonds. The van der Waals surface area contributed by atoms with Gasteiger partial charge in [-0.3, -0.25) is 0 Å². The molecular formula is C14H10F3N5O2S. The standard InChI is InChI=1S/C14H10F3N5O2S/c15-9-1-4-11(5-2-9)25(23,24)18-8-14-19-20-21-22(14)10-3-6-12(16)13(17)7-10/h1-7,18H,8H2. The van der Waals surface area contributed by atoms with Crippen LogP contribution in [-0.2, 0) is 16.6 Å². The van der Waals surface area contributed by atoms with Gasteiger partial charge in [-0.1, -0.05) is 0 Å². The Morgan fingerprint density at radius 2 is 1.72 bits per heavy atom. The van der Waals surface area contributed by atoms with E-state index in [2.05, 4.69) is 20.2 Å². The molecule has 0 atom stereocenters. The number of nitrogens with zero attached hydrogens (tertiary/aromatic N) is 4. The van der Waals surface area contributed by atoms with Crippen LogP contribution in [0.5, 0.6) is 0 Å². The Hall–Kier alpha value is -2.79. The number of hydrogen-bond acceptors (Lipinski definition) is 5. The van der Waals surface area contributed by atoms with Crippen LogP contribution in [-0.4, -0.2) is 28.6 Å². The molecule has 0 fully saturated rings. The van der Waals surface area contributed by atoms with E-state index in [9.17, 15) is 21.6 Å². The Morgan fingerprint density at radius 3 is 2.40 bits per heavy atom. The monoisotopic (exact) mass is 369 g/mol. The first-order valence-electron chi connectivity index (χ1n) is 6.85. The summed E-state index contributed by atoms with van der Waals surface area (Å²) in [5.41, 5.74) is 0.125. The van der Waals surface area contributed by atoms with Gasteiger partial charge in [-0.25, -0.2) is 26.3 Å². The molecule has 3 aromatic rings. The third kappa shape index (κ3) is 3.67. The van der Waals surface area contributed by atoms with Gasteiger partial charge < -0.3 is 0 Å². The van der Waals surface area contributed by atoms with Crippen molar-refractivity contribution in [2.45, 2.75) is 11.4 Å². The molecule has 1 aromatic heterocycles. The first-order valence-corrected chi connectivity index (χ1v) is 8.33. The number of sulfonamides is 1. The van der Waals surface area contributed by atoms with Crippen LogP contribution >= 0.6 is 0 Å². The molecule has 7 nitrogen and oxygen atoms in total. The first-order chi connectivity index (χ1) is 11.9. The van der Waals surface area contributed by atoms with Gasteiger partial charge in [-0.15, -0.1) is 5.10 Å². The highest BCUT2D eigenvalue weighted by Gasteiger charge is 2.17. The van der Waals surface area contributed by atoms with Crippen LogP contribution in [0, 0.1) is 17.5 Å². The molecule has 3 rings (SSSR count). The van der Waals surface area contributed by atoms with Crippen molar-refractivity contribution < 1.29 is 21.6 Å². The molecule has 11 heteroatoms. The van der Waals surface area contributed by atoms with Crippen molar-refractivity contribution >= 4 is 10.0 Å². The van der Waals surface area contributed by atoms with E-state index in [-0.39, 0.29) is 23.0 Å². The maximum absolute atomic E-state index is 13.3. The van der Waals surface area contributed by atoms with Crippen LogP contribution in [0.4, 0.5) is 13.2 Å². The van der Waals surface area contributed by atoms with E-state index in [1.165, 1.54) is 6.07 Å². The van der Waals surface area contributed by atoms with E-state index in [4.69, 9.17) is 0 Å². The fourth-order valence-corrected chi connectivity index (χ4v) is 2.97. The molecule has 1 heterocycles. The molecule has 130 valence electrons. The highest BCUT2D eigenvalue weighted by molar-refractivity contribution is 7.89. The van der Waals surface area contributed by atoms with Gasteiger partial charge in [0.05, 0.1) is 17.1 Å². The fraction of sp³-hybridized carbons (Fsp3) is 0.0714. The largest absolute Gasteiger partial charge is 0.240 e. The average molecular weight is 369 g/mol. The smallest absolute Gasteiger partial charge is 0.207 e. The molecule has 0 radical (unpaired) electrons. The number of hydrogen-bond donors (Lipinski definition) is 1. The summed E-state index contributed by atoms with van der Waals surface area (Å²) >= 11 is 0. The van der Waals surface area contributed by atoms with E-state index < -0.39 is 27.5 Å². The van der Waals surface area contributed by atoms with E-state index in [1.54, 1.807) is 0 Å². The van der Waals surface area contributed by atoms with Crippen molar-refractivity contribution in [1.29, 1.82) is 0 Å². The van der Waals surface area contributed by atoms with Gasteiger partial charge in [-0.2, -0.15) is 4.68 Å². The van der Waals surface area contributed by atoms with Crippen molar-refractivity contribution in [2.75, 3.05) is 0 Å². The molecule has 0 saturated carbocycles. The van der Waals surface area contributed by atoms with Gasteiger partial charge in [0.1, 0.15) is 5.82 Å². The SMILES string of the molecule is O=S(=O)(NCc1nnnn1-c1ccc(F)c(F)c1)c1ccc(F)cc1. The summed E-state index contributed by atoms with van der Waals surface area (Å²) in [7, 11) is -3.93. The molecule has 2 aromatic carbocycles. The molecule has 0 spiro atoms. The second kappa shape index (κ2) is 6.61. The lowest BCUT2D eigenvalue weighted by molar-refractivity contribution is 0.507. The topological polar surface area (TPSA) is 89.8 Å². The predicted molar refractivity (Wildman–Crippen MR) is 79.5 cm³/mol.